The van der Waals surface area contributed by atoms with Crippen LogP contribution in [-0.4, -0.2) is 11.1 Å². The van der Waals surface area contributed by atoms with Gasteiger partial charge in [0.1, 0.15) is 0 Å². The number of aliphatic hydroxyl groups excluding tert-OH is 1. The van der Waals surface area contributed by atoms with Gasteiger partial charge in [0.15, 0.2) is 11.4 Å². The van der Waals surface area contributed by atoms with Crippen LogP contribution in [0.25, 0.3) is 0 Å². The third-order valence-electron chi connectivity index (χ3n) is 3.08. The number of benzene rings is 2. The van der Waals surface area contributed by atoms with Crippen LogP contribution in [0.15, 0.2) is 42.5 Å². The Labute approximate surface area is 119 Å². The van der Waals surface area contributed by atoms with Crippen molar-refractivity contribution in [2.75, 3.05) is 5.73 Å². The maximum Gasteiger partial charge on any atom is 0.341 e. The average Bonchev–Trinajstić information content (AvgIpc) is 2.76. The standard InChI is InChI=1S/C14H12N2O5/c15-8-1-4-10(5-2-8)21-16(19)9-3-6-11-12(7-9)14(18)20-13(11)17/h1-7,13,16-17H,15H2. The molecule has 1 aliphatic rings. The van der Waals surface area contributed by atoms with Gasteiger partial charge in [-0.05, 0) is 30.3 Å². The second-order valence-corrected chi connectivity index (χ2v) is 4.52. The summed E-state index contributed by atoms with van der Waals surface area (Å²) in [6.45, 7) is 0. The van der Waals surface area contributed by atoms with E-state index in [9.17, 15) is 15.1 Å². The quantitative estimate of drug-likeness (QED) is 0.429. The van der Waals surface area contributed by atoms with Gasteiger partial charge in [-0.2, -0.15) is 0 Å². The number of nitrogens with one attached hydrogen (secondary N) is 1. The molecule has 108 valence electrons. The molecule has 0 saturated carbocycles. The number of rotatable bonds is 3. The molecule has 2 atom stereocenters. The molecule has 1 heterocycles. The van der Waals surface area contributed by atoms with Crippen molar-refractivity contribution < 1.29 is 24.7 Å². The Morgan fingerprint density at radius 3 is 2.67 bits per heavy atom. The molecule has 2 aromatic carbocycles. The average molecular weight is 288 g/mol. The van der Waals surface area contributed by atoms with Crippen LogP contribution in [0.4, 0.5) is 11.4 Å². The first-order chi connectivity index (χ1) is 10.0. The van der Waals surface area contributed by atoms with Gasteiger partial charge >= 0.3 is 5.97 Å². The SMILES string of the molecule is Nc1ccc(O[NH+]([O-])c2ccc3c(c2)C(=O)OC3O)cc1. The van der Waals surface area contributed by atoms with Gasteiger partial charge in [-0.3, -0.25) is 0 Å². The van der Waals surface area contributed by atoms with E-state index in [1.54, 1.807) is 24.3 Å². The minimum Gasteiger partial charge on any atom is -0.585 e. The first-order valence-electron chi connectivity index (χ1n) is 6.15. The number of quaternary nitrogens is 1. The van der Waals surface area contributed by atoms with Crippen molar-refractivity contribution in [1.29, 1.82) is 0 Å². The molecular formula is C14H12N2O5. The van der Waals surface area contributed by atoms with Crippen molar-refractivity contribution >= 4 is 17.3 Å². The molecule has 7 nitrogen and oxygen atoms in total. The molecule has 0 saturated heterocycles. The van der Waals surface area contributed by atoms with Gasteiger partial charge in [0.2, 0.25) is 6.29 Å². The summed E-state index contributed by atoms with van der Waals surface area (Å²) in [6, 6.07) is 10.6. The normalized spacial score (nSPS) is 18.0. The molecule has 0 aliphatic carbocycles. The Balaban J connectivity index is 1.82. The summed E-state index contributed by atoms with van der Waals surface area (Å²) in [5.74, 6) is -0.322. The van der Waals surface area contributed by atoms with Crippen molar-refractivity contribution in [2.45, 2.75) is 6.29 Å². The van der Waals surface area contributed by atoms with Gasteiger partial charge in [-0.1, -0.05) is 0 Å². The minimum absolute atomic E-state index is 0.161. The zero-order valence-electron chi connectivity index (χ0n) is 10.8. The summed E-state index contributed by atoms with van der Waals surface area (Å²) in [5, 5.41) is 20.9. The minimum atomic E-state index is -1.28. The lowest BCUT2D eigenvalue weighted by molar-refractivity contribution is -0.963. The fraction of sp³-hybridized carbons (Fsp3) is 0.0714. The molecule has 0 bridgehead atoms. The lowest BCUT2D eigenvalue weighted by Gasteiger charge is -2.20. The van der Waals surface area contributed by atoms with Gasteiger partial charge < -0.3 is 25.6 Å². The number of hydrogen-bond donors (Lipinski definition) is 3. The van der Waals surface area contributed by atoms with E-state index in [2.05, 4.69) is 4.74 Å². The topological polar surface area (TPSA) is 109 Å². The highest BCUT2D eigenvalue weighted by Crippen LogP contribution is 2.29. The molecule has 0 spiro atoms. The zero-order valence-corrected chi connectivity index (χ0v) is 10.8. The zero-order chi connectivity index (χ0) is 15.0. The van der Waals surface area contributed by atoms with Crippen molar-refractivity contribution in [3.63, 3.8) is 0 Å². The monoisotopic (exact) mass is 288 g/mol. The molecule has 4 N–H and O–H groups in total. The van der Waals surface area contributed by atoms with E-state index in [-0.39, 0.29) is 11.3 Å². The summed E-state index contributed by atoms with van der Waals surface area (Å²) >= 11 is 0. The van der Waals surface area contributed by atoms with Crippen LogP contribution in [0.3, 0.4) is 0 Å². The molecule has 7 heteroatoms. The number of anilines is 1. The summed E-state index contributed by atoms with van der Waals surface area (Å²) in [7, 11) is 0. The summed E-state index contributed by atoms with van der Waals surface area (Å²) < 4.78 is 4.65. The van der Waals surface area contributed by atoms with Gasteiger partial charge in [0.05, 0.1) is 5.56 Å². The largest absolute Gasteiger partial charge is 0.585 e. The predicted molar refractivity (Wildman–Crippen MR) is 72.3 cm³/mol. The first-order valence-corrected chi connectivity index (χ1v) is 6.15. The third-order valence-corrected chi connectivity index (χ3v) is 3.08. The molecule has 0 fully saturated rings. The van der Waals surface area contributed by atoms with E-state index in [1.165, 1.54) is 18.2 Å². The van der Waals surface area contributed by atoms with E-state index in [0.29, 0.717) is 17.0 Å². The Morgan fingerprint density at radius 1 is 1.24 bits per heavy atom. The van der Waals surface area contributed by atoms with E-state index < -0.39 is 17.5 Å². The predicted octanol–water partition coefficient (Wildman–Crippen LogP) is 0.438. The van der Waals surface area contributed by atoms with Gasteiger partial charge in [0, 0.05) is 23.4 Å². The second-order valence-electron chi connectivity index (χ2n) is 4.52. The summed E-state index contributed by atoms with van der Waals surface area (Å²) in [4.78, 5) is 16.7. The number of fused-ring (bicyclic) bond motifs is 1. The molecular weight excluding hydrogens is 276 g/mol. The van der Waals surface area contributed by atoms with Gasteiger partial charge in [-0.15, -0.1) is 5.23 Å². The van der Waals surface area contributed by atoms with Crippen molar-refractivity contribution in [2.24, 2.45) is 0 Å². The van der Waals surface area contributed by atoms with Crippen LogP contribution in [0, 0.1) is 5.21 Å². The van der Waals surface area contributed by atoms with Gasteiger partial charge in [0.25, 0.3) is 0 Å². The highest BCUT2D eigenvalue weighted by Gasteiger charge is 2.30. The number of nitrogen functional groups attached to an aromatic ring is 1. The van der Waals surface area contributed by atoms with Crippen LogP contribution in [0.5, 0.6) is 5.75 Å². The molecule has 3 rings (SSSR count). The fourth-order valence-corrected chi connectivity index (χ4v) is 2.01. The molecule has 0 aromatic heterocycles. The Kier molecular flexibility index (Phi) is 3.22. The number of hydrogen-bond acceptors (Lipinski definition) is 6. The number of aliphatic hydroxyl groups is 1. The lowest BCUT2D eigenvalue weighted by atomic mass is 10.1. The molecule has 1 aliphatic heterocycles. The first kappa shape index (κ1) is 13.4. The fourth-order valence-electron chi connectivity index (χ4n) is 2.01. The smallest absolute Gasteiger partial charge is 0.341 e. The number of carbonyl (C=O) groups excluding carboxylic acids is 1. The van der Waals surface area contributed by atoms with Crippen LogP contribution < -0.4 is 15.8 Å². The van der Waals surface area contributed by atoms with Crippen LogP contribution >= 0.6 is 0 Å². The Bertz CT molecular complexity index is 686. The highest BCUT2D eigenvalue weighted by atomic mass is 16.9. The molecule has 0 amide bonds. The molecule has 0 radical (unpaired) electrons. The van der Waals surface area contributed by atoms with E-state index in [4.69, 9.17) is 10.6 Å². The van der Waals surface area contributed by atoms with E-state index >= 15 is 0 Å². The number of carbonyl (C=O) groups is 1. The molecule has 2 aromatic rings. The Morgan fingerprint density at radius 2 is 1.95 bits per heavy atom. The maximum absolute atomic E-state index is 12.0. The van der Waals surface area contributed by atoms with E-state index in [0.717, 1.165) is 0 Å². The van der Waals surface area contributed by atoms with Crippen molar-refractivity contribution in [3.05, 3.63) is 58.8 Å². The number of ether oxygens (including phenoxy) is 1. The molecule has 21 heavy (non-hydrogen) atoms. The molecule has 2 unspecified atom stereocenters. The van der Waals surface area contributed by atoms with Crippen LogP contribution in [0.1, 0.15) is 22.2 Å². The summed E-state index contributed by atoms with van der Waals surface area (Å²) in [6.07, 6.45) is -1.28. The third kappa shape index (κ3) is 2.52. The van der Waals surface area contributed by atoms with Crippen LogP contribution in [0.2, 0.25) is 0 Å². The van der Waals surface area contributed by atoms with Crippen LogP contribution in [-0.2, 0) is 4.74 Å². The lowest BCUT2D eigenvalue weighted by Crippen LogP contribution is -3.04. The van der Waals surface area contributed by atoms with E-state index in [1.807, 2.05) is 0 Å². The van der Waals surface area contributed by atoms with Crippen molar-refractivity contribution in [1.82, 2.24) is 0 Å². The highest BCUT2D eigenvalue weighted by molar-refractivity contribution is 5.94. The maximum atomic E-state index is 12.0. The number of esters is 1. The number of nitrogens with two attached hydrogens (primary N) is 1. The summed E-state index contributed by atoms with van der Waals surface area (Å²) in [5.41, 5.74) is 6.79. The van der Waals surface area contributed by atoms with Crippen molar-refractivity contribution in [3.8, 4) is 5.75 Å². The second kappa shape index (κ2) is 5.06. The van der Waals surface area contributed by atoms with Gasteiger partial charge in [-0.25, -0.2) is 4.79 Å². The Hall–Kier alpha value is -2.61. The number of cyclic esters (lactones) is 1.